The Balaban J connectivity index is 1.98. The van der Waals surface area contributed by atoms with Crippen molar-refractivity contribution >= 4 is 5.91 Å². The van der Waals surface area contributed by atoms with Gasteiger partial charge < -0.3 is 29.7 Å². The number of allylic oxidation sites excluding steroid dienone is 2. The van der Waals surface area contributed by atoms with Crippen LogP contribution in [-0.4, -0.2) is 41.5 Å². The standard InChI is InChI=1S/C26H31NO6/c1-14(2)7-8-16-9-10-18(28)21-22(16)26(31-6,27-24(21)29)17-11-15(3)12-19-23(17)33-20(13-32-19)25(4,5)30/h7,9-12,20,28,30H,8,13H2,1-6H3,(H,27,29). The predicted octanol–water partition coefficient (Wildman–Crippen LogP) is 3.71. The summed E-state index contributed by atoms with van der Waals surface area (Å²) >= 11 is 0. The molecule has 0 saturated heterocycles. The number of phenols is 1. The Hall–Kier alpha value is -3.03. The van der Waals surface area contributed by atoms with Gasteiger partial charge in [-0.3, -0.25) is 4.79 Å². The number of carbonyl (C=O) groups excluding carboxylic acids is 1. The zero-order valence-electron chi connectivity index (χ0n) is 19.9. The molecule has 4 rings (SSSR count). The van der Waals surface area contributed by atoms with Crippen LogP contribution in [0.15, 0.2) is 35.9 Å². The van der Waals surface area contributed by atoms with Gasteiger partial charge in [0.2, 0.25) is 0 Å². The van der Waals surface area contributed by atoms with Crippen molar-refractivity contribution < 1.29 is 29.2 Å². The van der Waals surface area contributed by atoms with Gasteiger partial charge in [0.25, 0.3) is 5.91 Å². The number of aromatic hydroxyl groups is 1. The van der Waals surface area contributed by atoms with Crippen molar-refractivity contribution in [1.82, 2.24) is 5.32 Å². The SMILES string of the molecule is COC1(c2cc(C)cc3c2OC(C(C)(C)O)CO3)NC(=O)c2c(O)ccc(CC=C(C)C)c21. The third-order valence-electron chi connectivity index (χ3n) is 6.19. The van der Waals surface area contributed by atoms with Gasteiger partial charge in [0.05, 0.1) is 16.7 Å². The van der Waals surface area contributed by atoms with E-state index >= 15 is 0 Å². The van der Waals surface area contributed by atoms with Crippen molar-refractivity contribution in [3.8, 4) is 17.2 Å². The van der Waals surface area contributed by atoms with Crippen LogP contribution in [0.3, 0.4) is 0 Å². The summed E-state index contributed by atoms with van der Waals surface area (Å²) in [4.78, 5) is 13.1. The van der Waals surface area contributed by atoms with E-state index in [2.05, 4.69) is 11.4 Å². The number of aryl methyl sites for hydroxylation is 1. The molecule has 0 fully saturated rings. The molecule has 0 aromatic heterocycles. The van der Waals surface area contributed by atoms with Crippen LogP contribution in [-0.2, 0) is 16.9 Å². The summed E-state index contributed by atoms with van der Waals surface area (Å²) in [5.41, 5.74) is 1.59. The number of hydrogen-bond acceptors (Lipinski definition) is 6. The van der Waals surface area contributed by atoms with Crippen LogP contribution in [0.4, 0.5) is 0 Å². The van der Waals surface area contributed by atoms with Gasteiger partial charge in [-0.2, -0.15) is 0 Å². The van der Waals surface area contributed by atoms with Gasteiger partial charge in [0, 0.05) is 12.7 Å². The summed E-state index contributed by atoms with van der Waals surface area (Å²) < 4.78 is 18.3. The fourth-order valence-corrected chi connectivity index (χ4v) is 4.42. The first kappa shape index (κ1) is 23.1. The van der Waals surface area contributed by atoms with E-state index in [9.17, 15) is 15.0 Å². The molecule has 0 bridgehead atoms. The largest absolute Gasteiger partial charge is 0.507 e. The van der Waals surface area contributed by atoms with Crippen molar-refractivity contribution in [2.24, 2.45) is 0 Å². The number of fused-ring (bicyclic) bond motifs is 2. The molecule has 0 saturated carbocycles. The minimum atomic E-state index is -1.41. The van der Waals surface area contributed by atoms with Gasteiger partial charge in [-0.25, -0.2) is 0 Å². The highest BCUT2D eigenvalue weighted by Crippen LogP contribution is 2.50. The van der Waals surface area contributed by atoms with E-state index in [1.54, 1.807) is 19.9 Å². The van der Waals surface area contributed by atoms with Crippen molar-refractivity contribution in [2.75, 3.05) is 13.7 Å². The number of nitrogens with one attached hydrogen (secondary N) is 1. The van der Waals surface area contributed by atoms with Crippen LogP contribution in [0.5, 0.6) is 17.2 Å². The predicted molar refractivity (Wildman–Crippen MR) is 124 cm³/mol. The Labute approximate surface area is 194 Å². The lowest BCUT2D eigenvalue weighted by Gasteiger charge is -2.38. The smallest absolute Gasteiger partial charge is 0.258 e. The van der Waals surface area contributed by atoms with Gasteiger partial charge in [-0.15, -0.1) is 0 Å². The van der Waals surface area contributed by atoms with E-state index in [1.807, 2.05) is 32.9 Å². The van der Waals surface area contributed by atoms with E-state index < -0.39 is 23.3 Å². The summed E-state index contributed by atoms with van der Waals surface area (Å²) in [6.07, 6.45) is 2.00. The maximum Gasteiger partial charge on any atom is 0.258 e. The monoisotopic (exact) mass is 453 g/mol. The first-order valence-corrected chi connectivity index (χ1v) is 11.0. The number of hydrogen-bond donors (Lipinski definition) is 3. The zero-order valence-corrected chi connectivity index (χ0v) is 19.9. The third kappa shape index (κ3) is 3.85. The Kier molecular flexibility index (Phi) is 5.66. The Morgan fingerprint density at radius 3 is 2.70 bits per heavy atom. The number of carbonyl (C=O) groups is 1. The minimum absolute atomic E-state index is 0.115. The molecular formula is C26H31NO6. The fraction of sp³-hybridized carbons (Fsp3) is 0.423. The highest BCUT2D eigenvalue weighted by Gasteiger charge is 2.51. The normalized spacial score (nSPS) is 21.4. The maximum atomic E-state index is 13.1. The molecule has 33 heavy (non-hydrogen) atoms. The van der Waals surface area contributed by atoms with Gasteiger partial charge in [0.15, 0.2) is 23.3 Å². The Morgan fingerprint density at radius 2 is 2.06 bits per heavy atom. The van der Waals surface area contributed by atoms with Gasteiger partial charge in [-0.05, 0) is 70.4 Å². The second-order valence-corrected chi connectivity index (χ2v) is 9.53. The molecule has 2 heterocycles. The number of amides is 1. The van der Waals surface area contributed by atoms with Gasteiger partial charge >= 0.3 is 0 Å². The number of benzene rings is 2. The number of ether oxygens (including phenoxy) is 3. The lowest BCUT2D eigenvalue weighted by atomic mass is 9.86. The third-order valence-corrected chi connectivity index (χ3v) is 6.19. The molecule has 1 amide bonds. The highest BCUT2D eigenvalue weighted by atomic mass is 16.6. The molecular weight excluding hydrogens is 422 g/mol. The number of phenolic OH excluding ortho intramolecular Hbond substituents is 1. The van der Waals surface area contributed by atoms with E-state index in [0.29, 0.717) is 29.0 Å². The molecule has 176 valence electrons. The van der Waals surface area contributed by atoms with Crippen molar-refractivity contribution in [3.05, 3.63) is 63.7 Å². The summed E-state index contributed by atoms with van der Waals surface area (Å²) in [6, 6.07) is 7.07. The summed E-state index contributed by atoms with van der Waals surface area (Å²) in [7, 11) is 1.51. The molecule has 3 N–H and O–H groups in total. The van der Waals surface area contributed by atoms with Crippen LogP contribution < -0.4 is 14.8 Å². The first-order chi connectivity index (χ1) is 15.5. The molecule has 7 nitrogen and oxygen atoms in total. The first-order valence-electron chi connectivity index (χ1n) is 11.0. The second kappa shape index (κ2) is 8.08. The Bertz CT molecular complexity index is 1140. The quantitative estimate of drug-likeness (QED) is 0.597. The van der Waals surface area contributed by atoms with Crippen LogP contribution in [0.1, 0.15) is 60.3 Å². The average Bonchev–Trinajstić information content (AvgIpc) is 3.06. The molecule has 0 aliphatic carbocycles. The van der Waals surface area contributed by atoms with Crippen molar-refractivity contribution in [2.45, 2.75) is 58.5 Å². The molecule has 2 aromatic carbocycles. The molecule has 2 unspecified atom stereocenters. The zero-order chi connectivity index (χ0) is 24.1. The molecule has 2 atom stereocenters. The summed E-state index contributed by atoms with van der Waals surface area (Å²) in [6.45, 7) is 9.44. The molecule has 0 spiro atoms. The minimum Gasteiger partial charge on any atom is -0.507 e. The van der Waals surface area contributed by atoms with Crippen LogP contribution in [0.2, 0.25) is 0 Å². The lowest BCUT2D eigenvalue weighted by molar-refractivity contribution is -0.0695. The van der Waals surface area contributed by atoms with E-state index in [1.165, 1.54) is 13.2 Å². The lowest BCUT2D eigenvalue weighted by Crippen LogP contribution is -2.48. The van der Waals surface area contributed by atoms with Crippen LogP contribution >= 0.6 is 0 Å². The number of methoxy groups -OCH3 is 1. The Morgan fingerprint density at radius 1 is 1.33 bits per heavy atom. The molecule has 2 aliphatic heterocycles. The van der Waals surface area contributed by atoms with Crippen LogP contribution in [0, 0.1) is 6.92 Å². The molecule has 7 heteroatoms. The fourth-order valence-electron chi connectivity index (χ4n) is 4.42. The number of rotatable bonds is 5. The van der Waals surface area contributed by atoms with Gasteiger partial charge in [-0.1, -0.05) is 17.7 Å². The van der Waals surface area contributed by atoms with Crippen molar-refractivity contribution in [3.63, 3.8) is 0 Å². The van der Waals surface area contributed by atoms with E-state index in [-0.39, 0.29) is 17.9 Å². The second-order valence-electron chi connectivity index (χ2n) is 9.53. The average molecular weight is 454 g/mol. The number of aliphatic hydroxyl groups is 1. The topological polar surface area (TPSA) is 97.3 Å². The molecule has 0 radical (unpaired) electrons. The summed E-state index contributed by atoms with van der Waals surface area (Å²) in [5, 5.41) is 24.1. The van der Waals surface area contributed by atoms with Crippen molar-refractivity contribution in [1.29, 1.82) is 0 Å². The molecule has 2 aliphatic rings. The maximum absolute atomic E-state index is 13.1. The van der Waals surface area contributed by atoms with Crippen LogP contribution in [0.25, 0.3) is 0 Å². The highest BCUT2D eigenvalue weighted by molar-refractivity contribution is 6.03. The van der Waals surface area contributed by atoms with E-state index in [4.69, 9.17) is 14.2 Å². The van der Waals surface area contributed by atoms with E-state index in [0.717, 1.165) is 16.7 Å². The van der Waals surface area contributed by atoms with Gasteiger partial charge in [0.1, 0.15) is 12.4 Å². The summed E-state index contributed by atoms with van der Waals surface area (Å²) in [5.74, 6) is 0.353. The molecule has 2 aromatic rings.